The number of hydrogen-bond donors (Lipinski definition) is 0. The predicted octanol–water partition coefficient (Wildman–Crippen LogP) is 0.559. The van der Waals surface area contributed by atoms with Gasteiger partial charge in [-0.1, -0.05) is 0 Å². The number of fused-ring (bicyclic) bond motifs is 1. The van der Waals surface area contributed by atoms with Crippen LogP contribution in [-0.4, -0.2) is 51.8 Å². The Morgan fingerprint density at radius 1 is 1.22 bits per heavy atom. The van der Waals surface area contributed by atoms with Gasteiger partial charge in [0.25, 0.3) is 0 Å². The number of anilines is 1. The number of carbonyl (C=O) groups is 1. The maximum atomic E-state index is 12.4. The smallest absolute Gasteiger partial charge is 0.243 e. The van der Waals surface area contributed by atoms with Crippen molar-refractivity contribution in [3.63, 3.8) is 0 Å². The van der Waals surface area contributed by atoms with Crippen LogP contribution in [0, 0.1) is 6.92 Å². The third-order valence-corrected chi connectivity index (χ3v) is 4.25. The molecule has 2 aliphatic rings. The van der Waals surface area contributed by atoms with Crippen LogP contribution < -0.4 is 4.90 Å². The van der Waals surface area contributed by atoms with Crippen molar-refractivity contribution in [2.24, 2.45) is 0 Å². The monoisotopic (exact) mass is 317 g/mol. The zero-order chi connectivity index (χ0) is 15.8. The highest BCUT2D eigenvalue weighted by Crippen LogP contribution is 2.21. The summed E-state index contributed by atoms with van der Waals surface area (Å²) in [6.07, 6.45) is 0. The second-order valence-corrected chi connectivity index (χ2v) is 5.88. The van der Waals surface area contributed by atoms with E-state index in [4.69, 9.17) is 9.15 Å². The van der Waals surface area contributed by atoms with E-state index >= 15 is 0 Å². The van der Waals surface area contributed by atoms with Gasteiger partial charge < -0.3 is 13.7 Å². The van der Waals surface area contributed by atoms with E-state index in [1.54, 1.807) is 4.90 Å². The summed E-state index contributed by atoms with van der Waals surface area (Å²) in [7, 11) is 0. The van der Waals surface area contributed by atoms with Gasteiger partial charge in [-0.25, -0.2) is 0 Å². The first-order chi connectivity index (χ1) is 11.2. The molecule has 0 atom stereocenters. The molecule has 2 aromatic heterocycles. The van der Waals surface area contributed by atoms with Crippen molar-refractivity contribution in [3.8, 4) is 0 Å². The van der Waals surface area contributed by atoms with Crippen LogP contribution in [0.1, 0.15) is 17.4 Å². The number of carbonyl (C=O) groups excluding carboxylic acids is 1. The molecule has 0 unspecified atom stereocenters. The molecule has 0 aromatic carbocycles. The molecule has 1 amide bonds. The summed E-state index contributed by atoms with van der Waals surface area (Å²) in [6.45, 7) is 6.24. The molecule has 0 aliphatic carbocycles. The molecule has 2 aliphatic heterocycles. The molecule has 1 fully saturated rings. The summed E-state index contributed by atoms with van der Waals surface area (Å²) in [5.41, 5.74) is 0. The third-order valence-electron chi connectivity index (χ3n) is 4.25. The predicted molar refractivity (Wildman–Crippen MR) is 80.8 cm³/mol. The number of hydrogen-bond acceptors (Lipinski definition) is 6. The standard InChI is InChI=1S/C15H19N5O3/c1-11-2-3-15(23-11)20-5-4-18(9-14(20)21)8-12-16-17-13-10-22-7-6-19(12)13/h2-3H,4-10H2,1H3. The van der Waals surface area contributed by atoms with Gasteiger partial charge in [-0.3, -0.25) is 14.6 Å². The summed E-state index contributed by atoms with van der Waals surface area (Å²) in [5.74, 6) is 3.25. The lowest BCUT2D eigenvalue weighted by Crippen LogP contribution is -2.50. The second-order valence-electron chi connectivity index (χ2n) is 5.88. The first-order valence-electron chi connectivity index (χ1n) is 7.78. The van der Waals surface area contributed by atoms with Gasteiger partial charge in [0.15, 0.2) is 5.82 Å². The number of nitrogens with zero attached hydrogens (tertiary/aromatic N) is 5. The van der Waals surface area contributed by atoms with E-state index in [0.717, 1.165) is 30.5 Å². The van der Waals surface area contributed by atoms with Gasteiger partial charge >= 0.3 is 0 Å². The molecule has 0 radical (unpaired) electrons. The molecule has 0 bridgehead atoms. The summed E-state index contributed by atoms with van der Waals surface area (Å²) in [4.78, 5) is 16.2. The molecule has 8 heteroatoms. The Hall–Kier alpha value is -2.19. The van der Waals surface area contributed by atoms with Crippen LogP contribution in [0.5, 0.6) is 0 Å². The van der Waals surface area contributed by atoms with Gasteiger partial charge in [0, 0.05) is 25.7 Å². The van der Waals surface area contributed by atoms with Crippen LogP contribution in [0.4, 0.5) is 5.88 Å². The Bertz CT molecular complexity index is 723. The van der Waals surface area contributed by atoms with Gasteiger partial charge in [0.05, 0.1) is 19.7 Å². The van der Waals surface area contributed by atoms with Crippen LogP contribution in [0.25, 0.3) is 0 Å². The number of aryl methyl sites for hydroxylation is 1. The van der Waals surface area contributed by atoms with Gasteiger partial charge in [-0.2, -0.15) is 0 Å². The largest absolute Gasteiger partial charge is 0.445 e. The molecule has 2 aromatic rings. The van der Waals surface area contributed by atoms with E-state index in [1.165, 1.54) is 0 Å². The van der Waals surface area contributed by atoms with E-state index in [-0.39, 0.29) is 5.91 Å². The minimum atomic E-state index is 0.0484. The molecule has 4 rings (SSSR count). The normalized spacial score (nSPS) is 19.2. The van der Waals surface area contributed by atoms with Crippen LogP contribution in [0.3, 0.4) is 0 Å². The van der Waals surface area contributed by atoms with Gasteiger partial charge in [-0.05, 0) is 13.0 Å². The van der Waals surface area contributed by atoms with E-state index in [1.807, 2.05) is 19.1 Å². The minimum Gasteiger partial charge on any atom is -0.445 e. The van der Waals surface area contributed by atoms with Crippen molar-refractivity contribution in [2.75, 3.05) is 31.1 Å². The summed E-state index contributed by atoms with van der Waals surface area (Å²) >= 11 is 0. The fourth-order valence-electron chi connectivity index (χ4n) is 3.03. The fraction of sp³-hybridized carbons (Fsp3) is 0.533. The van der Waals surface area contributed by atoms with E-state index in [0.29, 0.717) is 38.7 Å². The fourth-order valence-corrected chi connectivity index (χ4v) is 3.03. The average molecular weight is 317 g/mol. The van der Waals surface area contributed by atoms with Crippen molar-refractivity contribution in [1.29, 1.82) is 0 Å². The summed E-state index contributed by atoms with van der Waals surface area (Å²) < 4.78 is 13.0. The van der Waals surface area contributed by atoms with Crippen molar-refractivity contribution in [3.05, 3.63) is 29.5 Å². The quantitative estimate of drug-likeness (QED) is 0.823. The Morgan fingerprint density at radius 2 is 2.13 bits per heavy atom. The number of ether oxygens (including phenoxy) is 1. The molecular formula is C15H19N5O3. The molecule has 0 spiro atoms. The first kappa shape index (κ1) is 14.4. The Balaban J connectivity index is 1.43. The summed E-state index contributed by atoms with van der Waals surface area (Å²) in [6, 6.07) is 3.72. The highest BCUT2D eigenvalue weighted by Gasteiger charge is 2.28. The van der Waals surface area contributed by atoms with Crippen molar-refractivity contribution in [2.45, 2.75) is 26.6 Å². The molecular weight excluding hydrogens is 298 g/mol. The first-order valence-corrected chi connectivity index (χ1v) is 7.78. The van der Waals surface area contributed by atoms with E-state index in [9.17, 15) is 4.79 Å². The maximum absolute atomic E-state index is 12.4. The Labute approximate surface area is 133 Å². The lowest BCUT2D eigenvalue weighted by molar-refractivity contribution is -0.121. The Kier molecular flexibility index (Phi) is 3.62. The molecule has 0 saturated carbocycles. The zero-order valence-corrected chi connectivity index (χ0v) is 13.1. The van der Waals surface area contributed by atoms with E-state index in [2.05, 4.69) is 19.7 Å². The van der Waals surface area contributed by atoms with Crippen molar-refractivity contribution in [1.82, 2.24) is 19.7 Å². The van der Waals surface area contributed by atoms with Gasteiger partial charge in [0.2, 0.25) is 11.8 Å². The van der Waals surface area contributed by atoms with Crippen molar-refractivity contribution < 1.29 is 13.9 Å². The molecule has 0 N–H and O–H groups in total. The lowest BCUT2D eigenvalue weighted by atomic mass is 10.3. The third kappa shape index (κ3) is 2.75. The van der Waals surface area contributed by atoms with E-state index < -0.39 is 0 Å². The van der Waals surface area contributed by atoms with Crippen LogP contribution >= 0.6 is 0 Å². The number of aromatic nitrogens is 3. The molecule has 122 valence electrons. The summed E-state index contributed by atoms with van der Waals surface area (Å²) in [5, 5.41) is 8.40. The molecule has 8 nitrogen and oxygen atoms in total. The van der Waals surface area contributed by atoms with Crippen molar-refractivity contribution >= 4 is 11.8 Å². The second kappa shape index (κ2) is 5.78. The SMILES string of the molecule is Cc1ccc(N2CCN(Cc3nnc4n3CCOC4)CC2=O)o1. The number of furan rings is 1. The number of piperazine rings is 1. The lowest BCUT2D eigenvalue weighted by Gasteiger charge is -2.32. The van der Waals surface area contributed by atoms with Gasteiger partial charge in [-0.15, -0.1) is 10.2 Å². The van der Waals surface area contributed by atoms with Crippen LogP contribution in [0.2, 0.25) is 0 Å². The van der Waals surface area contributed by atoms with Crippen LogP contribution in [0.15, 0.2) is 16.5 Å². The van der Waals surface area contributed by atoms with Gasteiger partial charge in [0.1, 0.15) is 18.2 Å². The minimum absolute atomic E-state index is 0.0484. The highest BCUT2D eigenvalue weighted by molar-refractivity contribution is 5.94. The number of rotatable bonds is 3. The maximum Gasteiger partial charge on any atom is 0.243 e. The topological polar surface area (TPSA) is 76.6 Å². The number of amides is 1. The molecule has 1 saturated heterocycles. The molecule has 23 heavy (non-hydrogen) atoms. The Morgan fingerprint density at radius 3 is 2.91 bits per heavy atom. The highest BCUT2D eigenvalue weighted by atomic mass is 16.5. The zero-order valence-electron chi connectivity index (χ0n) is 13.1. The van der Waals surface area contributed by atoms with Crippen LogP contribution in [-0.2, 0) is 29.2 Å². The average Bonchev–Trinajstić information content (AvgIpc) is 3.15. The molecule has 4 heterocycles.